The summed E-state index contributed by atoms with van der Waals surface area (Å²) in [5.74, 6) is 0.913. The van der Waals surface area contributed by atoms with Crippen LogP contribution >= 0.6 is 0 Å². The minimum atomic E-state index is 0.763. The van der Waals surface area contributed by atoms with E-state index in [0.29, 0.717) is 0 Å². The Morgan fingerprint density at radius 2 is 1.44 bits per heavy atom. The second-order valence-corrected chi connectivity index (χ2v) is 8.12. The standard InChI is InChI=1S/C30H27NO/c1-3-4-20-32-26-17-14-23(15-18-26)22(2)24-16-19-30-28(21-24)27-12-8-9-13-29(27)31(30)25-10-6-5-7-11-25/h5-19,21H,2-4,20H2,1H3. The van der Waals surface area contributed by atoms with Crippen LogP contribution in [0.2, 0.25) is 0 Å². The van der Waals surface area contributed by atoms with E-state index < -0.39 is 0 Å². The zero-order chi connectivity index (χ0) is 21.9. The molecule has 0 spiro atoms. The lowest BCUT2D eigenvalue weighted by Crippen LogP contribution is -1.96. The molecule has 1 heterocycles. The summed E-state index contributed by atoms with van der Waals surface area (Å²) in [5, 5.41) is 2.49. The molecule has 32 heavy (non-hydrogen) atoms. The van der Waals surface area contributed by atoms with Gasteiger partial charge in [0.25, 0.3) is 0 Å². The van der Waals surface area contributed by atoms with E-state index in [1.54, 1.807) is 0 Å². The topological polar surface area (TPSA) is 14.2 Å². The van der Waals surface area contributed by atoms with Gasteiger partial charge >= 0.3 is 0 Å². The minimum Gasteiger partial charge on any atom is -0.494 e. The van der Waals surface area contributed by atoms with Crippen LogP contribution in [0.4, 0.5) is 0 Å². The summed E-state index contributed by atoms with van der Waals surface area (Å²) in [6.07, 6.45) is 2.21. The second-order valence-electron chi connectivity index (χ2n) is 8.12. The first-order chi connectivity index (χ1) is 15.8. The molecule has 0 bridgehead atoms. The van der Waals surface area contributed by atoms with E-state index in [4.69, 9.17) is 4.74 Å². The minimum absolute atomic E-state index is 0.763. The highest BCUT2D eigenvalue weighted by atomic mass is 16.5. The number of aromatic nitrogens is 1. The van der Waals surface area contributed by atoms with Crippen LogP contribution < -0.4 is 4.74 Å². The third-order valence-corrected chi connectivity index (χ3v) is 6.00. The van der Waals surface area contributed by atoms with Crippen molar-refractivity contribution in [3.63, 3.8) is 0 Å². The van der Waals surface area contributed by atoms with Crippen LogP contribution in [0.5, 0.6) is 5.75 Å². The van der Waals surface area contributed by atoms with Crippen molar-refractivity contribution in [1.29, 1.82) is 0 Å². The third-order valence-electron chi connectivity index (χ3n) is 6.00. The van der Waals surface area contributed by atoms with E-state index in [1.165, 1.54) is 27.5 Å². The molecule has 0 saturated heterocycles. The molecule has 0 radical (unpaired) electrons. The maximum atomic E-state index is 5.81. The van der Waals surface area contributed by atoms with Gasteiger partial charge in [0.1, 0.15) is 5.75 Å². The number of rotatable bonds is 7. The van der Waals surface area contributed by atoms with E-state index in [1.807, 2.05) is 12.1 Å². The Bertz CT molecular complexity index is 1380. The molecular formula is C30H27NO. The Hall–Kier alpha value is -3.78. The summed E-state index contributed by atoms with van der Waals surface area (Å²) in [5.41, 5.74) is 6.85. The molecule has 0 aliphatic rings. The van der Waals surface area contributed by atoms with Crippen molar-refractivity contribution >= 4 is 27.4 Å². The lowest BCUT2D eigenvalue weighted by Gasteiger charge is -2.10. The number of para-hydroxylation sites is 2. The maximum absolute atomic E-state index is 5.81. The average Bonchev–Trinajstić information content (AvgIpc) is 3.18. The molecule has 0 unspecified atom stereocenters. The smallest absolute Gasteiger partial charge is 0.119 e. The van der Waals surface area contributed by atoms with E-state index in [0.717, 1.165) is 41.9 Å². The SMILES string of the molecule is C=C(c1ccc(OCCCC)cc1)c1ccc2c(c1)c1ccccc1n2-c1ccccc1. The molecule has 0 aliphatic carbocycles. The summed E-state index contributed by atoms with van der Waals surface area (Å²) in [7, 11) is 0. The second kappa shape index (κ2) is 8.76. The number of ether oxygens (including phenoxy) is 1. The first-order valence-corrected chi connectivity index (χ1v) is 11.3. The van der Waals surface area contributed by atoms with Crippen molar-refractivity contribution in [2.45, 2.75) is 19.8 Å². The fraction of sp³-hybridized carbons (Fsp3) is 0.133. The Morgan fingerprint density at radius 1 is 0.750 bits per heavy atom. The fourth-order valence-electron chi connectivity index (χ4n) is 4.27. The normalized spacial score (nSPS) is 11.2. The molecule has 4 aromatic carbocycles. The third kappa shape index (κ3) is 3.69. The lowest BCUT2D eigenvalue weighted by molar-refractivity contribution is 0.309. The van der Waals surface area contributed by atoms with Gasteiger partial charge in [-0.2, -0.15) is 0 Å². The fourth-order valence-corrected chi connectivity index (χ4v) is 4.27. The zero-order valence-corrected chi connectivity index (χ0v) is 18.4. The van der Waals surface area contributed by atoms with Gasteiger partial charge in [0.05, 0.1) is 17.6 Å². The number of hydrogen-bond donors (Lipinski definition) is 0. The van der Waals surface area contributed by atoms with Gasteiger partial charge in [0, 0.05) is 16.5 Å². The van der Waals surface area contributed by atoms with Crippen molar-refractivity contribution in [2.24, 2.45) is 0 Å². The van der Waals surface area contributed by atoms with Crippen molar-refractivity contribution in [2.75, 3.05) is 6.61 Å². The summed E-state index contributed by atoms with van der Waals surface area (Å²) < 4.78 is 8.14. The van der Waals surface area contributed by atoms with Crippen LogP contribution in [0.3, 0.4) is 0 Å². The molecule has 0 N–H and O–H groups in total. The van der Waals surface area contributed by atoms with Crippen LogP contribution in [0.25, 0.3) is 33.1 Å². The van der Waals surface area contributed by atoms with E-state index >= 15 is 0 Å². The maximum Gasteiger partial charge on any atom is 0.119 e. The van der Waals surface area contributed by atoms with Crippen LogP contribution in [-0.2, 0) is 0 Å². The Kier molecular flexibility index (Phi) is 5.51. The highest BCUT2D eigenvalue weighted by Gasteiger charge is 2.13. The van der Waals surface area contributed by atoms with Crippen LogP contribution in [0, 0.1) is 0 Å². The largest absolute Gasteiger partial charge is 0.494 e. The number of benzene rings is 4. The van der Waals surface area contributed by atoms with Gasteiger partial charge in [-0.25, -0.2) is 0 Å². The summed E-state index contributed by atoms with van der Waals surface area (Å²) in [6, 6.07) is 34.1. The quantitative estimate of drug-likeness (QED) is 0.245. The van der Waals surface area contributed by atoms with Crippen LogP contribution in [0.1, 0.15) is 30.9 Å². The van der Waals surface area contributed by atoms with E-state index in [2.05, 4.69) is 103 Å². The van der Waals surface area contributed by atoms with Crippen LogP contribution in [-0.4, -0.2) is 11.2 Å². The van der Waals surface area contributed by atoms with Gasteiger partial charge in [-0.1, -0.05) is 74.5 Å². The summed E-state index contributed by atoms with van der Waals surface area (Å²) in [4.78, 5) is 0. The Labute approximate surface area is 189 Å². The van der Waals surface area contributed by atoms with Gasteiger partial charge in [-0.05, 0) is 65.6 Å². The molecule has 2 heteroatoms. The van der Waals surface area contributed by atoms with Gasteiger partial charge in [-0.15, -0.1) is 0 Å². The zero-order valence-electron chi connectivity index (χ0n) is 18.4. The van der Waals surface area contributed by atoms with E-state index in [9.17, 15) is 0 Å². The predicted octanol–water partition coefficient (Wildman–Crippen LogP) is 8.02. The molecule has 5 aromatic rings. The predicted molar refractivity (Wildman–Crippen MR) is 136 cm³/mol. The van der Waals surface area contributed by atoms with Gasteiger partial charge < -0.3 is 9.30 Å². The van der Waals surface area contributed by atoms with Crippen molar-refractivity contribution in [3.05, 3.63) is 115 Å². The molecule has 0 aliphatic heterocycles. The van der Waals surface area contributed by atoms with Gasteiger partial charge in [0.15, 0.2) is 0 Å². The highest BCUT2D eigenvalue weighted by Crippen LogP contribution is 2.34. The molecule has 5 rings (SSSR count). The molecule has 2 nitrogen and oxygen atoms in total. The number of fused-ring (bicyclic) bond motifs is 3. The molecule has 158 valence electrons. The molecule has 0 fully saturated rings. The number of unbranched alkanes of at least 4 members (excludes halogenated alkanes) is 1. The Balaban J connectivity index is 1.54. The number of hydrogen-bond acceptors (Lipinski definition) is 1. The summed E-state index contributed by atoms with van der Waals surface area (Å²) >= 11 is 0. The Morgan fingerprint density at radius 3 is 2.22 bits per heavy atom. The van der Waals surface area contributed by atoms with Crippen molar-refractivity contribution < 1.29 is 4.74 Å². The van der Waals surface area contributed by atoms with E-state index in [-0.39, 0.29) is 0 Å². The molecular weight excluding hydrogens is 390 g/mol. The first-order valence-electron chi connectivity index (χ1n) is 11.3. The summed E-state index contributed by atoms with van der Waals surface area (Å²) in [6.45, 7) is 7.34. The van der Waals surface area contributed by atoms with Crippen molar-refractivity contribution in [3.8, 4) is 11.4 Å². The monoisotopic (exact) mass is 417 g/mol. The van der Waals surface area contributed by atoms with Gasteiger partial charge in [0.2, 0.25) is 0 Å². The highest BCUT2D eigenvalue weighted by molar-refractivity contribution is 6.10. The first kappa shape index (κ1) is 20.1. The molecule has 0 amide bonds. The number of nitrogens with zero attached hydrogens (tertiary/aromatic N) is 1. The molecule has 1 aromatic heterocycles. The average molecular weight is 418 g/mol. The van der Waals surface area contributed by atoms with Gasteiger partial charge in [-0.3, -0.25) is 0 Å². The molecule has 0 atom stereocenters. The lowest BCUT2D eigenvalue weighted by atomic mass is 9.98. The van der Waals surface area contributed by atoms with Crippen LogP contribution in [0.15, 0.2) is 104 Å². The van der Waals surface area contributed by atoms with Crippen molar-refractivity contribution in [1.82, 2.24) is 4.57 Å². The molecule has 0 saturated carbocycles.